The van der Waals surface area contributed by atoms with Gasteiger partial charge < -0.3 is 0 Å². The van der Waals surface area contributed by atoms with Crippen molar-refractivity contribution in [3.05, 3.63) is 65.1 Å². The molecule has 0 aliphatic heterocycles. The predicted molar refractivity (Wildman–Crippen MR) is 71.7 cm³/mol. The zero-order valence-electron chi connectivity index (χ0n) is 10.5. The quantitative estimate of drug-likeness (QED) is 0.700. The van der Waals surface area contributed by atoms with Crippen molar-refractivity contribution >= 4 is 5.65 Å². The molecule has 92 valence electrons. The first-order valence-corrected chi connectivity index (χ1v) is 6.06. The molecule has 0 spiro atoms. The molecule has 3 rings (SSSR count). The van der Waals surface area contributed by atoms with Crippen LogP contribution in [0.4, 0.5) is 0 Å². The molecule has 2 aromatic heterocycles. The van der Waals surface area contributed by atoms with E-state index in [1.54, 1.807) is 10.7 Å². The van der Waals surface area contributed by atoms with E-state index in [0.29, 0.717) is 12.0 Å². The topological polar surface area (TPSA) is 54.0 Å². The first-order valence-electron chi connectivity index (χ1n) is 6.06. The van der Waals surface area contributed by atoms with Crippen LogP contribution in [0.5, 0.6) is 0 Å². The van der Waals surface area contributed by atoms with Crippen LogP contribution in [0, 0.1) is 18.3 Å². The van der Waals surface area contributed by atoms with Gasteiger partial charge in [-0.1, -0.05) is 30.3 Å². The molecule has 0 aliphatic rings. The lowest BCUT2D eigenvalue weighted by Gasteiger charge is -2.06. The van der Waals surface area contributed by atoms with Crippen LogP contribution in [-0.4, -0.2) is 14.6 Å². The Labute approximate surface area is 111 Å². The molecule has 19 heavy (non-hydrogen) atoms. The maximum absolute atomic E-state index is 9.23. The van der Waals surface area contributed by atoms with Gasteiger partial charge in [-0.25, -0.2) is 9.50 Å². The molecule has 0 atom stereocenters. The molecule has 0 saturated heterocycles. The molecule has 0 bridgehead atoms. The zero-order valence-corrected chi connectivity index (χ0v) is 10.5. The molecule has 2 heterocycles. The van der Waals surface area contributed by atoms with Crippen LogP contribution in [0.2, 0.25) is 0 Å². The first kappa shape index (κ1) is 11.4. The molecule has 4 nitrogen and oxygen atoms in total. The lowest BCUT2D eigenvalue weighted by atomic mass is 10.1. The fraction of sp³-hybridized carbons (Fsp3) is 0.133. The Bertz CT molecular complexity index is 766. The fourth-order valence-corrected chi connectivity index (χ4v) is 2.15. The SMILES string of the molecule is Cc1cc2ncc(C#N)c(Cc3ccccc3)n2n1. The van der Waals surface area contributed by atoms with E-state index >= 15 is 0 Å². The van der Waals surface area contributed by atoms with E-state index in [0.717, 1.165) is 22.6 Å². The maximum Gasteiger partial charge on any atom is 0.155 e. The summed E-state index contributed by atoms with van der Waals surface area (Å²) in [7, 11) is 0. The van der Waals surface area contributed by atoms with E-state index < -0.39 is 0 Å². The number of fused-ring (bicyclic) bond motifs is 1. The summed E-state index contributed by atoms with van der Waals surface area (Å²) in [5, 5.41) is 13.7. The van der Waals surface area contributed by atoms with Crippen LogP contribution < -0.4 is 0 Å². The van der Waals surface area contributed by atoms with Crippen LogP contribution in [0.3, 0.4) is 0 Å². The summed E-state index contributed by atoms with van der Waals surface area (Å²) in [6.07, 6.45) is 2.29. The lowest BCUT2D eigenvalue weighted by Crippen LogP contribution is -2.05. The highest BCUT2D eigenvalue weighted by Crippen LogP contribution is 2.15. The summed E-state index contributed by atoms with van der Waals surface area (Å²) in [5.41, 5.74) is 4.28. The molecular weight excluding hydrogens is 236 g/mol. The van der Waals surface area contributed by atoms with Gasteiger partial charge in [0, 0.05) is 18.7 Å². The van der Waals surface area contributed by atoms with Gasteiger partial charge in [-0.15, -0.1) is 0 Å². The molecule has 0 aliphatic carbocycles. The van der Waals surface area contributed by atoms with Crippen molar-refractivity contribution in [3.8, 4) is 6.07 Å². The molecule has 3 aromatic rings. The van der Waals surface area contributed by atoms with Crippen LogP contribution >= 0.6 is 0 Å². The average Bonchev–Trinajstić information content (AvgIpc) is 2.81. The summed E-state index contributed by atoms with van der Waals surface area (Å²) in [6, 6.07) is 14.2. The number of aromatic nitrogens is 3. The van der Waals surface area contributed by atoms with Gasteiger partial charge in [0.05, 0.1) is 17.0 Å². The fourth-order valence-electron chi connectivity index (χ4n) is 2.15. The van der Waals surface area contributed by atoms with Crippen LogP contribution in [0.25, 0.3) is 5.65 Å². The summed E-state index contributed by atoms with van der Waals surface area (Å²) in [6.45, 7) is 1.92. The Morgan fingerprint density at radius 1 is 1.26 bits per heavy atom. The number of aryl methyl sites for hydroxylation is 1. The number of nitriles is 1. The van der Waals surface area contributed by atoms with Gasteiger partial charge in [0.25, 0.3) is 0 Å². The maximum atomic E-state index is 9.23. The Morgan fingerprint density at radius 2 is 2.05 bits per heavy atom. The predicted octanol–water partition coefficient (Wildman–Crippen LogP) is 2.50. The van der Waals surface area contributed by atoms with Gasteiger partial charge in [-0.05, 0) is 12.5 Å². The Kier molecular flexibility index (Phi) is 2.73. The van der Waals surface area contributed by atoms with Gasteiger partial charge in [0.2, 0.25) is 0 Å². The summed E-state index contributed by atoms with van der Waals surface area (Å²) >= 11 is 0. The van der Waals surface area contributed by atoms with Crippen molar-refractivity contribution in [2.75, 3.05) is 0 Å². The summed E-state index contributed by atoms with van der Waals surface area (Å²) in [4.78, 5) is 4.25. The second-order valence-electron chi connectivity index (χ2n) is 4.45. The number of rotatable bonds is 2. The molecule has 1 aromatic carbocycles. The number of nitrogens with zero attached hydrogens (tertiary/aromatic N) is 4. The summed E-state index contributed by atoms with van der Waals surface area (Å²) in [5.74, 6) is 0. The van der Waals surface area contributed by atoms with Gasteiger partial charge in [-0.2, -0.15) is 10.4 Å². The number of hydrogen-bond acceptors (Lipinski definition) is 3. The van der Waals surface area contributed by atoms with E-state index in [9.17, 15) is 5.26 Å². The minimum Gasteiger partial charge on any atom is -0.236 e. The zero-order chi connectivity index (χ0) is 13.2. The molecule has 0 radical (unpaired) electrons. The van der Waals surface area contributed by atoms with Crippen LogP contribution in [0.1, 0.15) is 22.5 Å². The highest BCUT2D eigenvalue weighted by atomic mass is 15.3. The van der Waals surface area contributed by atoms with Crippen molar-refractivity contribution in [3.63, 3.8) is 0 Å². The smallest absolute Gasteiger partial charge is 0.155 e. The number of hydrogen-bond donors (Lipinski definition) is 0. The van der Waals surface area contributed by atoms with E-state index in [4.69, 9.17) is 0 Å². The second kappa shape index (κ2) is 4.54. The lowest BCUT2D eigenvalue weighted by molar-refractivity contribution is 0.844. The van der Waals surface area contributed by atoms with Crippen molar-refractivity contribution in [2.45, 2.75) is 13.3 Å². The molecule has 0 fully saturated rings. The third-order valence-electron chi connectivity index (χ3n) is 3.04. The monoisotopic (exact) mass is 248 g/mol. The van der Waals surface area contributed by atoms with E-state index in [1.807, 2.05) is 43.3 Å². The third-order valence-corrected chi connectivity index (χ3v) is 3.04. The van der Waals surface area contributed by atoms with Crippen molar-refractivity contribution < 1.29 is 0 Å². The Morgan fingerprint density at radius 3 is 2.79 bits per heavy atom. The minimum atomic E-state index is 0.569. The molecule has 0 unspecified atom stereocenters. The van der Waals surface area contributed by atoms with E-state index in [1.165, 1.54) is 0 Å². The highest BCUT2D eigenvalue weighted by molar-refractivity contribution is 5.46. The molecule has 0 N–H and O–H groups in total. The molecular formula is C15H12N4. The molecule has 4 heteroatoms. The second-order valence-corrected chi connectivity index (χ2v) is 4.45. The van der Waals surface area contributed by atoms with E-state index in [-0.39, 0.29) is 0 Å². The first-order chi connectivity index (χ1) is 9.28. The van der Waals surface area contributed by atoms with Gasteiger partial charge in [-0.3, -0.25) is 0 Å². The van der Waals surface area contributed by atoms with Gasteiger partial charge in [0.1, 0.15) is 6.07 Å². The van der Waals surface area contributed by atoms with Crippen LogP contribution in [0.15, 0.2) is 42.6 Å². The largest absolute Gasteiger partial charge is 0.236 e. The standard InChI is InChI=1S/C15H12N4/c1-11-7-15-17-10-13(9-16)14(19(15)18-11)8-12-5-3-2-4-6-12/h2-7,10H,8H2,1H3. The van der Waals surface area contributed by atoms with Gasteiger partial charge >= 0.3 is 0 Å². The average molecular weight is 248 g/mol. The van der Waals surface area contributed by atoms with Gasteiger partial charge in [0.15, 0.2) is 5.65 Å². The number of benzene rings is 1. The highest BCUT2D eigenvalue weighted by Gasteiger charge is 2.11. The van der Waals surface area contributed by atoms with Crippen LogP contribution in [-0.2, 0) is 6.42 Å². The Hall–Kier alpha value is -2.67. The minimum absolute atomic E-state index is 0.569. The summed E-state index contributed by atoms with van der Waals surface area (Å²) < 4.78 is 1.76. The molecule has 0 saturated carbocycles. The van der Waals surface area contributed by atoms with Crippen molar-refractivity contribution in [2.24, 2.45) is 0 Å². The normalized spacial score (nSPS) is 10.5. The third kappa shape index (κ3) is 2.06. The van der Waals surface area contributed by atoms with E-state index in [2.05, 4.69) is 16.2 Å². The van der Waals surface area contributed by atoms with Crippen molar-refractivity contribution in [1.29, 1.82) is 5.26 Å². The van der Waals surface area contributed by atoms with Crippen molar-refractivity contribution in [1.82, 2.24) is 14.6 Å². The Balaban J connectivity index is 2.18. The molecule has 0 amide bonds.